The molecule has 3 amide bonds. The second-order valence-electron chi connectivity index (χ2n) is 9.79. The lowest BCUT2D eigenvalue weighted by molar-refractivity contribution is -0.118. The summed E-state index contributed by atoms with van der Waals surface area (Å²) in [6, 6.07) is 15.1. The molecule has 4 N–H and O–H groups in total. The molecule has 9 nitrogen and oxygen atoms in total. The normalized spacial score (nSPS) is 28.6. The first-order valence-corrected chi connectivity index (χ1v) is 13.5. The fourth-order valence-electron chi connectivity index (χ4n) is 5.77. The number of anilines is 1. The van der Waals surface area contributed by atoms with Crippen molar-refractivity contribution in [3.8, 4) is 11.5 Å². The summed E-state index contributed by atoms with van der Waals surface area (Å²) in [6.45, 7) is 4.14. The summed E-state index contributed by atoms with van der Waals surface area (Å²) in [5.74, 6) is 1.33. The number of carbonyl (C=O) groups excluding carboxylic acids is 2. The van der Waals surface area contributed by atoms with Crippen molar-refractivity contribution in [2.45, 2.75) is 36.9 Å². The van der Waals surface area contributed by atoms with Crippen molar-refractivity contribution in [3.05, 3.63) is 64.7 Å². The second kappa shape index (κ2) is 10.0. The number of hydrogen-bond donors (Lipinski definition) is 4. The Labute approximate surface area is 220 Å². The lowest BCUT2D eigenvalue weighted by Gasteiger charge is -2.46. The number of nitrogens with zero attached hydrogens (tertiary/aromatic N) is 1. The van der Waals surface area contributed by atoms with Crippen molar-refractivity contribution >= 4 is 29.4 Å². The van der Waals surface area contributed by atoms with Gasteiger partial charge in [-0.1, -0.05) is 30.0 Å². The molecule has 3 unspecified atom stereocenters. The number of piperidine rings is 1. The van der Waals surface area contributed by atoms with Gasteiger partial charge in [-0.3, -0.25) is 9.69 Å². The van der Waals surface area contributed by atoms with Crippen LogP contribution in [0.25, 0.3) is 0 Å². The monoisotopic (exact) mass is 521 g/mol. The van der Waals surface area contributed by atoms with Gasteiger partial charge in [-0.2, -0.15) is 0 Å². The van der Waals surface area contributed by atoms with Crippen LogP contribution >= 0.6 is 11.8 Å². The maximum absolute atomic E-state index is 13.5. The van der Waals surface area contributed by atoms with E-state index in [4.69, 9.17) is 9.47 Å². The molecular weight excluding hydrogens is 490 g/mol. The SMILES string of the molecule is CO[C@H]1CNC[C@@H]1NC(=O)C1=C2NC(=O)N(c3ccc(Oc4ccccc4)cc3C)C3CCNC(S1)C23. The highest BCUT2D eigenvalue weighted by Crippen LogP contribution is 2.48. The molecule has 194 valence electrons. The summed E-state index contributed by atoms with van der Waals surface area (Å²) in [4.78, 5) is 29.3. The Morgan fingerprint density at radius 2 is 1.97 bits per heavy atom. The average molecular weight is 522 g/mol. The van der Waals surface area contributed by atoms with Crippen molar-refractivity contribution in [3.63, 3.8) is 0 Å². The van der Waals surface area contributed by atoms with Crippen LogP contribution in [0.2, 0.25) is 0 Å². The average Bonchev–Trinajstić information content (AvgIpc) is 3.50. The van der Waals surface area contributed by atoms with E-state index in [0.717, 1.165) is 41.4 Å². The van der Waals surface area contributed by atoms with E-state index in [-0.39, 0.29) is 41.4 Å². The van der Waals surface area contributed by atoms with E-state index in [1.54, 1.807) is 7.11 Å². The standard InChI is InChI=1S/C27H31N5O4S/c1-15-12-17(36-16-6-4-3-5-7-16)8-9-19(15)32-20-10-11-29-26-22(20)23(31-27(32)34)24(37-26)25(33)30-18-13-28-14-21(18)35-2/h3-9,12,18,20-22,26,28-29H,10-11,13-14H2,1-2H3,(H,30,33)(H,31,34)/t18-,20?,21-,22?,26?/m0/s1. The molecule has 0 aromatic heterocycles. The third kappa shape index (κ3) is 4.48. The lowest BCUT2D eigenvalue weighted by atomic mass is 9.86. The van der Waals surface area contributed by atoms with Gasteiger partial charge in [0.15, 0.2) is 0 Å². The van der Waals surface area contributed by atoms with Gasteiger partial charge in [0.2, 0.25) is 0 Å². The topological polar surface area (TPSA) is 104 Å². The first-order valence-electron chi connectivity index (χ1n) is 12.7. The van der Waals surface area contributed by atoms with E-state index in [1.807, 2.05) is 60.4 Å². The van der Waals surface area contributed by atoms with Gasteiger partial charge in [0.25, 0.3) is 5.91 Å². The zero-order valence-corrected chi connectivity index (χ0v) is 21.6. The van der Waals surface area contributed by atoms with Gasteiger partial charge >= 0.3 is 6.03 Å². The first kappa shape index (κ1) is 24.3. The van der Waals surface area contributed by atoms with Gasteiger partial charge in [-0.15, -0.1) is 0 Å². The summed E-state index contributed by atoms with van der Waals surface area (Å²) in [7, 11) is 1.66. The Morgan fingerprint density at radius 1 is 1.14 bits per heavy atom. The van der Waals surface area contributed by atoms with Crippen molar-refractivity contribution in [2.75, 3.05) is 31.6 Å². The van der Waals surface area contributed by atoms with Gasteiger partial charge in [0, 0.05) is 37.5 Å². The predicted octanol–water partition coefficient (Wildman–Crippen LogP) is 2.68. The molecule has 6 rings (SSSR count). The van der Waals surface area contributed by atoms with E-state index in [9.17, 15) is 9.59 Å². The Bertz CT molecular complexity index is 1240. The number of urea groups is 1. The summed E-state index contributed by atoms with van der Waals surface area (Å²) in [6.07, 6.45) is 0.732. The van der Waals surface area contributed by atoms with Crippen LogP contribution in [0, 0.1) is 12.8 Å². The van der Waals surface area contributed by atoms with Gasteiger partial charge in [-0.25, -0.2) is 4.79 Å². The molecule has 5 atom stereocenters. The molecule has 2 aromatic carbocycles. The number of amides is 3. The number of rotatable bonds is 6. The fourth-order valence-corrected chi connectivity index (χ4v) is 7.17. The van der Waals surface area contributed by atoms with Crippen LogP contribution in [0.15, 0.2) is 59.1 Å². The summed E-state index contributed by atoms with van der Waals surface area (Å²) in [5.41, 5.74) is 2.53. The van der Waals surface area contributed by atoms with Gasteiger partial charge in [0.1, 0.15) is 11.5 Å². The number of nitrogens with one attached hydrogen (secondary N) is 4. The van der Waals surface area contributed by atoms with Crippen LogP contribution in [-0.4, -0.2) is 62.2 Å². The molecule has 4 heterocycles. The summed E-state index contributed by atoms with van der Waals surface area (Å²) in [5, 5.41) is 13.0. The smallest absolute Gasteiger partial charge is 0.326 e. The number of ether oxygens (including phenoxy) is 2. The Balaban J connectivity index is 1.25. The first-order chi connectivity index (χ1) is 18.0. The molecule has 10 heteroatoms. The zero-order valence-electron chi connectivity index (χ0n) is 20.8. The van der Waals surface area contributed by atoms with Crippen LogP contribution in [-0.2, 0) is 9.53 Å². The van der Waals surface area contributed by atoms with E-state index in [0.29, 0.717) is 18.0 Å². The zero-order chi connectivity index (χ0) is 25.5. The van der Waals surface area contributed by atoms with Gasteiger partial charge in [0.05, 0.1) is 28.5 Å². The highest BCUT2D eigenvalue weighted by atomic mass is 32.2. The minimum absolute atomic E-state index is 0.00299. The molecule has 4 aliphatic heterocycles. The molecule has 3 saturated heterocycles. The number of carbonyl (C=O) groups is 2. The minimum atomic E-state index is -0.207. The molecular formula is C27H31N5O4S. The highest BCUT2D eigenvalue weighted by Gasteiger charge is 2.52. The van der Waals surface area contributed by atoms with Gasteiger partial charge < -0.3 is 30.7 Å². The quantitative estimate of drug-likeness (QED) is 0.464. The van der Waals surface area contributed by atoms with E-state index >= 15 is 0 Å². The third-order valence-electron chi connectivity index (χ3n) is 7.53. The largest absolute Gasteiger partial charge is 0.457 e. The molecule has 4 aliphatic rings. The molecule has 0 saturated carbocycles. The van der Waals surface area contributed by atoms with Crippen LogP contribution in [0.3, 0.4) is 0 Å². The molecule has 0 radical (unpaired) electrons. The van der Waals surface area contributed by atoms with E-state index in [1.165, 1.54) is 11.8 Å². The highest BCUT2D eigenvalue weighted by molar-refractivity contribution is 8.04. The molecule has 3 fully saturated rings. The number of aryl methyl sites for hydroxylation is 1. The molecule has 0 bridgehead atoms. The maximum Gasteiger partial charge on any atom is 0.326 e. The van der Waals surface area contributed by atoms with Crippen molar-refractivity contribution in [1.29, 1.82) is 0 Å². The molecule has 0 spiro atoms. The number of hydrogen-bond acceptors (Lipinski definition) is 7. The van der Waals surface area contributed by atoms with Crippen LogP contribution in [0.1, 0.15) is 12.0 Å². The number of benzene rings is 2. The number of methoxy groups -OCH3 is 1. The number of para-hydroxylation sites is 1. The van der Waals surface area contributed by atoms with E-state index in [2.05, 4.69) is 21.3 Å². The summed E-state index contributed by atoms with van der Waals surface area (Å²) >= 11 is 1.51. The van der Waals surface area contributed by atoms with Crippen LogP contribution < -0.4 is 30.9 Å². The lowest BCUT2D eigenvalue weighted by Crippen LogP contribution is -2.62. The fraction of sp³-hybridized carbons (Fsp3) is 0.407. The molecule has 2 aromatic rings. The van der Waals surface area contributed by atoms with Crippen molar-refractivity contribution < 1.29 is 19.1 Å². The van der Waals surface area contributed by atoms with E-state index < -0.39 is 0 Å². The maximum atomic E-state index is 13.5. The second-order valence-corrected chi connectivity index (χ2v) is 10.9. The molecule has 0 aliphatic carbocycles. The molecule has 37 heavy (non-hydrogen) atoms. The van der Waals surface area contributed by atoms with Crippen molar-refractivity contribution in [2.24, 2.45) is 5.92 Å². The number of thioether (sulfide) groups is 1. The van der Waals surface area contributed by atoms with Crippen molar-refractivity contribution in [1.82, 2.24) is 21.3 Å². The third-order valence-corrected chi connectivity index (χ3v) is 8.89. The predicted molar refractivity (Wildman–Crippen MR) is 143 cm³/mol. The minimum Gasteiger partial charge on any atom is -0.457 e. The Kier molecular flexibility index (Phi) is 6.58. The summed E-state index contributed by atoms with van der Waals surface area (Å²) < 4.78 is 11.5. The Morgan fingerprint density at radius 3 is 2.76 bits per heavy atom. The van der Waals surface area contributed by atoms with Crippen LogP contribution in [0.5, 0.6) is 11.5 Å². The van der Waals surface area contributed by atoms with Gasteiger partial charge in [-0.05, 0) is 55.8 Å². The Hall–Kier alpha value is -3.05. The van der Waals surface area contributed by atoms with Crippen LogP contribution in [0.4, 0.5) is 10.5 Å².